The van der Waals surface area contributed by atoms with E-state index in [1.54, 1.807) is 30.9 Å². The number of nitrogens with zero attached hydrogens (tertiary/aromatic N) is 2. The number of methoxy groups -OCH3 is 2. The summed E-state index contributed by atoms with van der Waals surface area (Å²) in [5.41, 5.74) is 18.5. The van der Waals surface area contributed by atoms with Crippen molar-refractivity contribution in [3.8, 4) is 11.5 Å². The highest BCUT2D eigenvalue weighted by atomic mass is 35.5. The van der Waals surface area contributed by atoms with E-state index in [-0.39, 0.29) is 54.3 Å². The largest absolute Gasteiger partial charge is 0.496 e. The van der Waals surface area contributed by atoms with E-state index in [1.165, 1.54) is 0 Å². The topological polar surface area (TPSA) is 131 Å². The number of halogens is 1. The van der Waals surface area contributed by atoms with E-state index in [9.17, 15) is 19.2 Å². The first-order valence-electron chi connectivity index (χ1n) is 21.2. The molecular formula is C51H63ClN4O6. The molecule has 0 spiro atoms. The maximum absolute atomic E-state index is 12.7. The number of hydrogen-bond acceptors (Lipinski definition) is 7. The standard InChI is InChI=1S/C24H26N2O3.C20H22N2O2.C4H5ClO.C2H6.CH4/c1-13-6-7-18(11-20(13)25-23(27)17-8-9-17)22-16(4)24(28)26(22)19-10-14(2)15(3)21(12-19)29-5;1-11-6-7-15(9-17(11)21)19-14(4)20(23)22(19)16-8-12(2)13(3)18(10-16)24-5;5-4(6)3-1-2-3;1-2;/h6-7,10-12,17,22H,4,8-9H2,1-3,5H3,(H,25,27);6-10,19H,4,21H2,1-3,5H3;3H,1-2H2;1-2H3;1H4/t22-;19-;;;/m11.../s1/i;;;1D;. The van der Waals surface area contributed by atoms with Gasteiger partial charge in [-0.3, -0.25) is 29.0 Å². The summed E-state index contributed by atoms with van der Waals surface area (Å²) in [6, 6.07) is 19.2. The van der Waals surface area contributed by atoms with Gasteiger partial charge in [-0.2, -0.15) is 0 Å². The Balaban J connectivity index is 0.000000231. The number of carbonyl (C=O) groups excluding carboxylic acids is 4. The van der Waals surface area contributed by atoms with E-state index in [4.69, 9.17) is 28.2 Å². The van der Waals surface area contributed by atoms with Gasteiger partial charge in [0.2, 0.25) is 11.1 Å². The summed E-state index contributed by atoms with van der Waals surface area (Å²) in [4.78, 5) is 50.8. The Hall–Kier alpha value is -5.87. The molecule has 4 aromatic carbocycles. The van der Waals surface area contributed by atoms with Crippen LogP contribution in [0.4, 0.5) is 22.7 Å². The number of amides is 3. The Morgan fingerprint density at radius 1 is 0.710 bits per heavy atom. The lowest BCUT2D eigenvalue weighted by Gasteiger charge is -2.43. The Bertz CT molecular complexity index is 2420. The first-order chi connectivity index (χ1) is 29.4. The molecule has 2 aliphatic heterocycles. The molecule has 330 valence electrons. The number of nitrogen functional groups attached to an aromatic ring is 1. The second-order valence-electron chi connectivity index (χ2n) is 15.9. The van der Waals surface area contributed by atoms with Crippen molar-refractivity contribution in [1.29, 1.82) is 0 Å². The molecule has 2 saturated heterocycles. The molecule has 4 fully saturated rings. The Kier molecular flexibility index (Phi) is 15.5. The monoisotopic (exact) mass is 863 g/mol. The summed E-state index contributed by atoms with van der Waals surface area (Å²) in [6.07, 6.45) is 3.95. The molecule has 10 nitrogen and oxygen atoms in total. The number of carbonyl (C=O) groups is 4. The number of nitrogens with one attached hydrogen (secondary N) is 1. The molecule has 4 aromatic rings. The molecule has 3 amide bonds. The van der Waals surface area contributed by atoms with Crippen molar-refractivity contribution in [2.75, 3.05) is 35.1 Å². The van der Waals surface area contributed by atoms with Crippen molar-refractivity contribution in [2.24, 2.45) is 11.8 Å². The summed E-state index contributed by atoms with van der Waals surface area (Å²) in [7, 11) is 3.27. The van der Waals surface area contributed by atoms with E-state index in [1.807, 2.05) is 102 Å². The number of nitrogens with two attached hydrogens (primary N) is 1. The van der Waals surface area contributed by atoms with Gasteiger partial charge in [0, 0.05) is 59.2 Å². The number of hydrogen-bond donors (Lipinski definition) is 2. The third-order valence-electron chi connectivity index (χ3n) is 11.7. The average molecular weight is 865 g/mol. The number of rotatable bonds is 9. The normalized spacial score (nSPS) is 17.5. The van der Waals surface area contributed by atoms with Gasteiger partial charge in [-0.25, -0.2) is 0 Å². The van der Waals surface area contributed by atoms with E-state index in [0.717, 1.165) is 104 Å². The zero-order valence-electron chi connectivity index (χ0n) is 37.8. The van der Waals surface area contributed by atoms with Crippen molar-refractivity contribution >= 4 is 57.3 Å². The molecule has 2 saturated carbocycles. The Morgan fingerprint density at radius 2 is 1.13 bits per heavy atom. The van der Waals surface area contributed by atoms with Gasteiger partial charge in [0.1, 0.15) is 11.5 Å². The predicted octanol–water partition coefficient (Wildman–Crippen LogP) is 11.3. The van der Waals surface area contributed by atoms with E-state index in [2.05, 4.69) is 18.5 Å². The number of anilines is 4. The molecule has 0 unspecified atom stereocenters. The summed E-state index contributed by atoms with van der Waals surface area (Å²) in [5.74, 6) is 1.81. The second kappa shape index (κ2) is 20.3. The molecular weight excluding hydrogens is 800 g/mol. The minimum absolute atomic E-state index is 0. The van der Waals surface area contributed by atoms with Crippen LogP contribution >= 0.6 is 11.6 Å². The van der Waals surface area contributed by atoms with Crippen LogP contribution < -0.4 is 30.3 Å². The zero-order chi connectivity index (χ0) is 45.7. The summed E-state index contributed by atoms with van der Waals surface area (Å²) in [5, 5.41) is 2.88. The van der Waals surface area contributed by atoms with Crippen molar-refractivity contribution in [3.05, 3.63) is 129 Å². The fourth-order valence-electron chi connectivity index (χ4n) is 7.17. The maximum Gasteiger partial charge on any atom is 0.256 e. The van der Waals surface area contributed by atoms with Gasteiger partial charge in [-0.1, -0.05) is 58.7 Å². The molecule has 2 heterocycles. The lowest BCUT2D eigenvalue weighted by molar-refractivity contribution is -0.119. The van der Waals surface area contributed by atoms with Crippen LogP contribution in [-0.4, -0.2) is 37.2 Å². The van der Waals surface area contributed by atoms with Gasteiger partial charge in [0.05, 0.1) is 26.3 Å². The minimum atomic E-state index is -0.258. The van der Waals surface area contributed by atoms with Gasteiger partial charge in [0.15, 0.2) is 0 Å². The van der Waals surface area contributed by atoms with Gasteiger partial charge in [-0.15, -0.1) is 0 Å². The summed E-state index contributed by atoms with van der Waals surface area (Å²) < 4.78 is 17.1. The van der Waals surface area contributed by atoms with E-state index in [0.29, 0.717) is 18.0 Å². The first-order valence-corrected chi connectivity index (χ1v) is 20.9. The molecule has 11 heteroatoms. The molecule has 0 bridgehead atoms. The van der Waals surface area contributed by atoms with Crippen LogP contribution in [-0.2, 0) is 19.2 Å². The molecule has 3 N–H and O–H groups in total. The van der Waals surface area contributed by atoms with Crippen molar-refractivity contribution in [2.45, 2.75) is 101 Å². The minimum Gasteiger partial charge on any atom is -0.496 e. The molecule has 8 rings (SSSR count). The Morgan fingerprint density at radius 3 is 1.50 bits per heavy atom. The van der Waals surface area contributed by atoms with Crippen LogP contribution in [0.25, 0.3) is 0 Å². The molecule has 2 aliphatic carbocycles. The highest BCUT2D eigenvalue weighted by molar-refractivity contribution is 6.64. The van der Waals surface area contributed by atoms with Crippen LogP contribution in [0.15, 0.2) is 85.0 Å². The molecule has 62 heavy (non-hydrogen) atoms. The number of benzene rings is 4. The molecule has 0 aromatic heterocycles. The van der Waals surface area contributed by atoms with Gasteiger partial charge >= 0.3 is 0 Å². The first kappa shape index (κ1) is 47.2. The highest BCUT2D eigenvalue weighted by Crippen LogP contribution is 2.46. The van der Waals surface area contributed by atoms with Crippen LogP contribution in [0.2, 0.25) is 0 Å². The summed E-state index contributed by atoms with van der Waals surface area (Å²) >= 11 is 5.04. The lowest BCUT2D eigenvalue weighted by Crippen LogP contribution is -2.49. The van der Waals surface area contributed by atoms with E-state index >= 15 is 0 Å². The predicted molar refractivity (Wildman–Crippen MR) is 253 cm³/mol. The smallest absolute Gasteiger partial charge is 0.256 e. The SMILES string of the molecule is C.C=C1C(=O)N(c2cc(C)c(C)c(OC)c2)[C@H]1c1ccc(C)c(N)c1.C=C1C(=O)N(c2cc(C)c(C)c(OC)c2)[C@H]1c1ccc(C)c(NC(=O)C2CC2)c1.O=C(Cl)C1CC1.[2H]CC. The van der Waals surface area contributed by atoms with E-state index < -0.39 is 0 Å². The van der Waals surface area contributed by atoms with Crippen molar-refractivity contribution in [1.82, 2.24) is 0 Å². The van der Waals surface area contributed by atoms with Crippen LogP contribution in [0.1, 0.15) is 105 Å². The Labute approximate surface area is 374 Å². The number of aryl methyl sites for hydroxylation is 4. The maximum atomic E-state index is 12.7. The quantitative estimate of drug-likeness (QED) is 0.0741. The highest BCUT2D eigenvalue weighted by Gasteiger charge is 2.44. The average Bonchev–Trinajstić information content (AvgIpc) is 4.17. The fourth-order valence-corrected chi connectivity index (χ4v) is 7.39. The molecule has 0 radical (unpaired) electrons. The zero-order valence-corrected chi connectivity index (χ0v) is 37.6. The number of β-lactam (4-membered cyclic amide) rings is 2. The molecule has 2 atom stereocenters. The van der Waals surface area contributed by atoms with Crippen molar-refractivity contribution in [3.63, 3.8) is 0 Å². The van der Waals surface area contributed by atoms with Gasteiger partial charge < -0.3 is 20.5 Å². The fraction of sp³-hybridized carbons (Fsp3) is 0.373. The van der Waals surface area contributed by atoms with Crippen LogP contribution in [0, 0.1) is 53.4 Å². The third kappa shape index (κ3) is 10.2. The lowest BCUT2D eigenvalue weighted by atomic mass is 9.87. The number of ether oxygens (including phenoxy) is 2. The molecule has 4 aliphatic rings. The summed E-state index contributed by atoms with van der Waals surface area (Å²) in [6.45, 7) is 22.2. The van der Waals surface area contributed by atoms with Crippen LogP contribution in [0.3, 0.4) is 0 Å². The third-order valence-corrected chi connectivity index (χ3v) is 12.0. The second-order valence-corrected chi connectivity index (χ2v) is 16.3. The van der Waals surface area contributed by atoms with Crippen molar-refractivity contribution < 1.29 is 30.0 Å². The van der Waals surface area contributed by atoms with Gasteiger partial charge in [-0.05, 0) is 148 Å². The van der Waals surface area contributed by atoms with Crippen LogP contribution in [0.5, 0.6) is 11.5 Å². The van der Waals surface area contributed by atoms with Gasteiger partial charge in [0.25, 0.3) is 11.8 Å².